The Kier molecular flexibility index (Phi) is 6.64. The summed E-state index contributed by atoms with van der Waals surface area (Å²) >= 11 is 1.66. The van der Waals surface area contributed by atoms with Crippen LogP contribution in [-0.2, 0) is 9.53 Å². The number of rotatable bonds is 6. The lowest BCUT2D eigenvalue weighted by Crippen LogP contribution is -2.44. The molecule has 1 aliphatic heterocycles. The Labute approximate surface area is 193 Å². The van der Waals surface area contributed by atoms with E-state index in [9.17, 15) is 4.79 Å². The highest BCUT2D eigenvalue weighted by Crippen LogP contribution is 2.33. The Morgan fingerprint density at radius 2 is 1.88 bits per heavy atom. The van der Waals surface area contributed by atoms with E-state index in [0.29, 0.717) is 45.3 Å². The highest BCUT2D eigenvalue weighted by Gasteiger charge is 2.27. The van der Waals surface area contributed by atoms with Gasteiger partial charge in [0.25, 0.3) is 0 Å². The van der Waals surface area contributed by atoms with Crippen LogP contribution in [0, 0.1) is 0 Å². The second-order valence-corrected chi connectivity index (χ2v) is 9.54. The first-order chi connectivity index (χ1) is 15.8. The minimum atomic E-state index is 0.214. The Bertz CT molecular complexity index is 1040. The summed E-state index contributed by atoms with van der Waals surface area (Å²) in [4.78, 5) is 28.3. The van der Waals surface area contributed by atoms with Crippen LogP contribution in [0.3, 0.4) is 0 Å². The Hall–Kier alpha value is -2.51. The highest BCUT2D eigenvalue weighted by molar-refractivity contribution is 7.13. The molecule has 1 saturated carbocycles. The van der Waals surface area contributed by atoms with E-state index in [2.05, 4.69) is 34.5 Å². The molecule has 0 radical (unpaired) electrons. The van der Waals surface area contributed by atoms with Crippen LogP contribution in [0.1, 0.15) is 38.5 Å². The molecule has 168 valence electrons. The normalized spacial score (nSPS) is 17.6. The van der Waals surface area contributed by atoms with Crippen LogP contribution >= 0.6 is 11.3 Å². The SMILES string of the molecule is O=C(CCN(c1nc(-c2cccs2)nc2ccccc12)C1CCCCC1)N1CCOCC1. The van der Waals surface area contributed by atoms with Crippen LogP contribution in [-0.4, -0.2) is 59.7 Å². The van der Waals surface area contributed by atoms with Gasteiger partial charge in [0.1, 0.15) is 5.82 Å². The number of hydrogen-bond donors (Lipinski definition) is 0. The second kappa shape index (κ2) is 9.96. The molecule has 1 aliphatic carbocycles. The number of nitrogens with zero attached hydrogens (tertiary/aromatic N) is 4. The van der Waals surface area contributed by atoms with Crippen LogP contribution in [0.2, 0.25) is 0 Å². The molecule has 0 bridgehead atoms. The molecule has 1 amide bonds. The lowest BCUT2D eigenvalue weighted by Gasteiger charge is -2.36. The molecular weight excluding hydrogens is 420 g/mol. The number of amides is 1. The average molecular weight is 451 g/mol. The fourth-order valence-corrected chi connectivity index (χ4v) is 5.49. The fourth-order valence-electron chi connectivity index (χ4n) is 4.84. The van der Waals surface area contributed by atoms with E-state index < -0.39 is 0 Å². The summed E-state index contributed by atoms with van der Waals surface area (Å²) in [6.45, 7) is 3.35. The number of hydrogen-bond acceptors (Lipinski definition) is 6. The first kappa shape index (κ1) is 21.3. The maximum atomic E-state index is 12.9. The molecule has 3 heterocycles. The van der Waals surface area contributed by atoms with E-state index in [4.69, 9.17) is 14.7 Å². The zero-order valence-corrected chi connectivity index (χ0v) is 19.2. The molecule has 7 heteroatoms. The van der Waals surface area contributed by atoms with Crippen molar-refractivity contribution in [1.29, 1.82) is 0 Å². The molecule has 1 saturated heterocycles. The number of anilines is 1. The standard InChI is InChI=1S/C25H30N4O2S/c30-23(28-14-16-31-17-15-28)12-13-29(19-7-2-1-3-8-19)25-20-9-4-5-10-21(20)26-24(27-25)22-11-6-18-32-22/h4-6,9-11,18-19H,1-3,7-8,12-17H2. The van der Waals surface area contributed by atoms with Gasteiger partial charge in [-0.3, -0.25) is 4.79 Å². The third-order valence-electron chi connectivity index (χ3n) is 6.54. The van der Waals surface area contributed by atoms with Crippen molar-refractivity contribution in [3.8, 4) is 10.7 Å². The zero-order chi connectivity index (χ0) is 21.8. The number of aromatic nitrogens is 2. The van der Waals surface area contributed by atoms with E-state index >= 15 is 0 Å². The Morgan fingerprint density at radius 1 is 1.06 bits per heavy atom. The van der Waals surface area contributed by atoms with Gasteiger partial charge in [0.15, 0.2) is 5.82 Å². The van der Waals surface area contributed by atoms with Gasteiger partial charge in [-0.15, -0.1) is 11.3 Å². The summed E-state index contributed by atoms with van der Waals surface area (Å²) in [5.41, 5.74) is 0.959. The van der Waals surface area contributed by atoms with E-state index in [1.165, 1.54) is 19.3 Å². The van der Waals surface area contributed by atoms with Gasteiger partial charge in [-0.1, -0.05) is 37.5 Å². The number of para-hydroxylation sites is 1. The van der Waals surface area contributed by atoms with Gasteiger partial charge in [0.05, 0.1) is 23.6 Å². The number of ether oxygens (including phenoxy) is 1. The van der Waals surface area contributed by atoms with Gasteiger partial charge in [-0.05, 0) is 36.4 Å². The van der Waals surface area contributed by atoms with Crippen molar-refractivity contribution in [2.75, 3.05) is 37.7 Å². The van der Waals surface area contributed by atoms with Gasteiger partial charge in [-0.25, -0.2) is 9.97 Å². The molecule has 2 aromatic heterocycles. The summed E-state index contributed by atoms with van der Waals surface area (Å²) in [5.74, 6) is 1.96. The van der Waals surface area contributed by atoms with Crippen molar-refractivity contribution < 1.29 is 9.53 Å². The quantitative estimate of drug-likeness (QED) is 0.543. The molecular formula is C25H30N4O2S. The van der Waals surface area contributed by atoms with Gasteiger partial charge in [0, 0.05) is 37.5 Å². The molecule has 0 spiro atoms. The van der Waals surface area contributed by atoms with E-state index in [-0.39, 0.29) is 5.91 Å². The maximum absolute atomic E-state index is 12.9. The zero-order valence-electron chi connectivity index (χ0n) is 18.4. The second-order valence-electron chi connectivity index (χ2n) is 8.59. The summed E-state index contributed by atoms with van der Waals surface area (Å²) < 4.78 is 5.42. The first-order valence-electron chi connectivity index (χ1n) is 11.7. The number of benzene rings is 1. The lowest BCUT2D eigenvalue weighted by molar-refractivity contribution is -0.135. The smallest absolute Gasteiger partial charge is 0.224 e. The molecule has 5 rings (SSSR count). The topological polar surface area (TPSA) is 58.6 Å². The molecule has 32 heavy (non-hydrogen) atoms. The molecule has 1 aromatic carbocycles. The first-order valence-corrected chi connectivity index (χ1v) is 12.6. The van der Waals surface area contributed by atoms with E-state index in [1.54, 1.807) is 11.3 Å². The van der Waals surface area contributed by atoms with Gasteiger partial charge >= 0.3 is 0 Å². The van der Waals surface area contributed by atoms with Crippen molar-refractivity contribution in [1.82, 2.24) is 14.9 Å². The number of morpholine rings is 1. The van der Waals surface area contributed by atoms with Gasteiger partial charge < -0.3 is 14.5 Å². The van der Waals surface area contributed by atoms with E-state index in [1.807, 2.05) is 17.0 Å². The summed E-state index contributed by atoms with van der Waals surface area (Å²) in [5, 5.41) is 3.13. The monoisotopic (exact) mass is 450 g/mol. The van der Waals surface area contributed by atoms with Crippen LogP contribution in [0.5, 0.6) is 0 Å². The predicted molar refractivity (Wildman–Crippen MR) is 129 cm³/mol. The molecule has 0 unspecified atom stereocenters. The third kappa shape index (κ3) is 4.64. The molecule has 0 N–H and O–H groups in total. The predicted octanol–water partition coefficient (Wildman–Crippen LogP) is 4.75. The average Bonchev–Trinajstić information content (AvgIpc) is 3.40. The van der Waals surface area contributed by atoms with Crippen molar-refractivity contribution in [3.63, 3.8) is 0 Å². The fraction of sp³-hybridized carbons (Fsp3) is 0.480. The minimum Gasteiger partial charge on any atom is -0.378 e. The molecule has 6 nitrogen and oxygen atoms in total. The number of thiophene rings is 1. The summed E-state index contributed by atoms with van der Waals surface area (Å²) in [6, 6.07) is 12.8. The van der Waals surface area contributed by atoms with Crippen molar-refractivity contribution in [2.24, 2.45) is 0 Å². The van der Waals surface area contributed by atoms with Crippen LogP contribution in [0.4, 0.5) is 5.82 Å². The Balaban J connectivity index is 1.49. The molecule has 3 aromatic rings. The number of carbonyl (C=O) groups is 1. The molecule has 0 atom stereocenters. The number of carbonyl (C=O) groups excluding carboxylic acids is 1. The Morgan fingerprint density at radius 3 is 2.66 bits per heavy atom. The van der Waals surface area contributed by atoms with Gasteiger partial charge in [0.2, 0.25) is 5.91 Å². The van der Waals surface area contributed by atoms with Crippen molar-refractivity contribution in [2.45, 2.75) is 44.6 Å². The maximum Gasteiger partial charge on any atom is 0.224 e. The van der Waals surface area contributed by atoms with Crippen LogP contribution in [0.25, 0.3) is 21.6 Å². The largest absolute Gasteiger partial charge is 0.378 e. The van der Waals surface area contributed by atoms with E-state index in [0.717, 1.165) is 40.3 Å². The van der Waals surface area contributed by atoms with Crippen LogP contribution < -0.4 is 4.90 Å². The summed E-state index contributed by atoms with van der Waals surface area (Å²) in [6.07, 6.45) is 6.57. The van der Waals surface area contributed by atoms with Gasteiger partial charge in [-0.2, -0.15) is 0 Å². The highest BCUT2D eigenvalue weighted by atomic mass is 32.1. The third-order valence-corrected chi connectivity index (χ3v) is 7.41. The van der Waals surface area contributed by atoms with Crippen molar-refractivity contribution >= 4 is 34.0 Å². The summed E-state index contributed by atoms with van der Waals surface area (Å²) in [7, 11) is 0. The minimum absolute atomic E-state index is 0.214. The molecule has 2 fully saturated rings. The van der Waals surface area contributed by atoms with Crippen LogP contribution in [0.15, 0.2) is 41.8 Å². The lowest BCUT2D eigenvalue weighted by atomic mass is 9.93. The van der Waals surface area contributed by atoms with Crippen molar-refractivity contribution in [3.05, 3.63) is 41.8 Å². The molecule has 2 aliphatic rings. The number of fused-ring (bicyclic) bond motifs is 1.